The van der Waals surface area contributed by atoms with Gasteiger partial charge in [-0.25, -0.2) is 16.8 Å². The normalized spacial score (nSPS) is 16.8. The Bertz CT molecular complexity index is 3760. The number of sulfone groups is 2. The van der Waals surface area contributed by atoms with Crippen LogP contribution in [-0.2, 0) is 31.3 Å². The highest BCUT2D eigenvalue weighted by molar-refractivity contribution is 7.91. The first-order valence-electron chi connectivity index (χ1n) is 20.6. The fourth-order valence-corrected chi connectivity index (χ4v) is 12.3. The van der Waals surface area contributed by atoms with E-state index in [0.717, 1.165) is 54.6 Å². The lowest BCUT2D eigenvalue weighted by Gasteiger charge is -2.40. The van der Waals surface area contributed by atoms with Gasteiger partial charge < -0.3 is 0 Å². The average molecular weight is 963 g/mol. The molecule has 6 aromatic rings. The second kappa shape index (κ2) is 16.2. The summed E-state index contributed by atoms with van der Waals surface area (Å²) in [6, 6.07) is 32.5. The summed E-state index contributed by atoms with van der Waals surface area (Å²) in [6.45, 7) is 1.21. The van der Waals surface area contributed by atoms with Crippen molar-refractivity contribution in [2.75, 3.05) is 0 Å². The minimum Gasteiger partial charge on any atom is -0.219 e. The maximum absolute atomic E-state index is 15.8. The zero-order valence-electron chi connectivity index (χ0n) is 35.4. The summed E-state index contributed by atoms with van der Waals surface area (Å²) in [4.78, 5) is -1.14. The van der Waals surface area contributed by atoms with Crippen LogP contribution in [0.4, 0.5) is 26.3 Å². The largest absolute Gasteiger partial charge is 0.417 e. The van der Waals surface area contributed by atoms with E-state index >= 15 is 26.3 Å². The molecule has 338 valence electrons. The van der Waals surface area contributed by atoms with Crippen molar-refractivity contribution in [1.82, 2.24) is 0 Å². The molecule has 0 heterocycles. The van der Waals surface area contributed by atoms with E-state index in [1.165, 1.54) is 85.8 Å². The van der Waals surface area contributed by atoms with Gasteiger partial charge in [0.05, 0.1) is 31.1 Å². The standard InChI is InChI=1S/C53H28F6N4O4S2/c1-51(23-11-10-18-42(51)53(57,58)59)50-47-37-22-20-35(69(66,67)33-14-6-3-7-15-33)25-40(37)43(30(26-60)27-61)48(47)46(38-16-8-9-17-41(38)52(54,55)56)45-36-21-19-34(68(64,65)32-12-4-2-5-13-32)24-39(36)44(49(45)50)31(28-62)29-63/h2-25,42H,1H3. The first kappa shape index (κ1) is 45.9. The second-order valence-electron chi connectivity index (χ2n) is 16.3. The quantitative estimate of drug-likeness (QED) is 0.117. The molecule has 0 fully saturated rings. The Kier molecular flexibility index (Phi) is 10.8. The van der Waals surface area contributed by atoms with E-state index in [9.17, 15) is 37.9 Å². The van der Waals surface area contributed by atoms with Crippen molar-refractivity contribution in [3.8, 4) is 57.7 Å². The number of hydrogen-bond acceptors (Lipinski definition) is 8. The molecule has 0 N–H and O–H groups in total. The molecular formula is C53H28F6N4O4S2. The van der Waals surface area contributed by atoms with Crippen LogP contribution >= 0.6 is 0 Å². The van der Waals surface area contributed by atoms with Gasteiger partial charge in [0.15, 0.2) is 0 Å². The van der Waals surface area contributed by atoms with Gasteiger partial charge in [0, 0.05) is 22.1 Å². The van der Waals surface area contributed by atoms with Crippen LogP contribution in [0.3, 0.4) is 0 Å². The summed E-state index contributed by atoms with van der Waals surface area (Å²) in [7, 11) is -8.83. The Hall–Kier alpha value is -8.28. The number of hydrogen-bond donors (Lipinski definition) is 0. The number of alkyl halides is 6. The number of benzene rings is 6. The number of rotatable bonds is 6. The molecule has 2 atom stereocenters. The number of halogens is 6. The highest BCUT2D eigenvalue weighted by Gasteiger charge is 2.55. The second-order valence-corrected chi connectivity index (χ2v) is 20.2. The van der Waals surface area contributed by atoms with Crippen LogP contribution in [-0.4, -0.2) is 23.0 Å². The Morgan fingerprint density at radius 2 is 0.957 bits per heavy atom. The van der Waals surface area contributed by atoms with Crippen LogP contribution in [0.25, 0.3) is 44.5 Å². The maximum atomic E-state index is 15.8. The van der Waals surface area contributed by atoms with E-state index in [-0.39, 0.29) is 59.9 Å². The summed E-state index contributed by atoms with van der Waals surface area (Å²) in [5, 5.41) is 42.8. The van der Waals surface area contributed by atoms with E-state index < -0.39 is 92.1 Å². The van der Waals surface area contributed by atoms with E-state index in [1.54, 1.807) is 36.4 Å². The maximum Gasteiger partial charge on any atom is 0.417 e. The van der Waals surface area contributed by atoms with Gasteiger partial charge in [-0.15, -0.1) is 0 Å². The molecule has 9 rings (SSSR count). The molecule has 3 aliphatic rings. The summed E-state index contributed by atoms with van der Waals surface area (Å²) in [5.41, 5.74) is -9.04. The average Bonchev–Trinajstić information content (AvgIpc) is 3.84. The molecule has 2 unspecified atom stereocenters. The molecule has 0 aromatic heterocycles. The smallest absolute Gasteiger partial charge is 0.219 e. The lowest BCUT2D eigenvalue weighted by molar-refractivity contribution is -0.173. The third-order valence-corrected chi connectivity index (χ3v) is 16.2. The minimum absolute atomic E-state index is 0.0956. The van der Waals surface area contributed by atoms with Gasteiger partial charge in [-0.3, -0.25) is 0 Å². The van der Waals surface area contributed by atoms with Crippen molar-refractivity contribution in [2.45, 2.75) is 44.3 Å². The molecule has 6 aromatic carbocycles. The molecule has 16 heteroatoms. The predicted molar refractivity (Wildman–Crippen MR) is 241 cm³/mol. The van der Waals surface area contributed by atoms with Crippen LogP contribution in [0.15, 0.2) is 176 Å². The zero-order valence-corrected chi connectivity index (χ0v) is 37.1. The first-order chi connectivity index (χ1) is 32.7. The van der Waals surface area contributed by atoms with E-state index in [0.29, 0.717) is 0 Å². The number of nitrogens with zero attached hydrogens (tertiary/aromatic N) is 4. The predicted octanol–water partition coefficient (Wildman–Crippen LogP) is 12.3. The number of fused-ring (bicyclic) bond motifs is 6. The fourth-order valence-electron chi connectivity index (χ4n) is 9.73. The molecule has 8 nitrogen and oxygen atoms in total. The van der Waals surface area contributed by atoms with Crippen molar-refractivity contribution in [3.05, 3.63) is 190 Å². The van der Waals surface area contributed by atoms with Crippen LogP contribution < -0.4 is 0 Å². The topological polar surface area (TPSA) is 163 Å². The van der Waals surface area contributed by atoms with Crippen LogP contribution in [0.5, 0.6) is 0 Å². The highest BCUT2D eigenvalue weighted by Crippen LogP contribution is 2.65. The summed E-state index contributed by atoms with van der Waals surface area (Å²) in [5.74, 6) is -2.43. The van der Waals surface area contributed by atoms with Gasteiger partial charge in [-0.1, -0.05) is 98.0 Å². The molecular weight excluding hydrogens is 935 g/mol. The summed E-state index contributed by atoms with van der Waals surface area (Å²) < 4.78 is 151. The van der Waals surface area contributed by atoms with Crippen molar-refractivity contribution in [1.29, 1.82) is 21.0 Å². The summed E-state index contributed by atoms with van der Waals surface area (Å²) >= 11 is 0. The molecule has 0 saturated carbocycles. The third kappa shape index (κ3) is 6.99. The van der Waals surface area contributed by atoms with Crippen LogP contribution in [0.1, 0.15) is 40.3 Å². The minimum atomic E-state index is -5.14. The first-order valence-corrected chi connectivity index (χ1v) is 23.6. The van der Waals surface area contributed by atoms with Gasteiger partial charge in [-0.05, 0) is 110 Å². The molecule has 0 amide bonds. The molecule has 0 spiro atoms. The van der Waals surface area contributed by atoms with E-state index in [2.05, 4.69) is 0 Å². The molecule has 69 heavy (non-hydrogen) atoms. The molecule has 3 aliphatic carbocycles. The Morgan fingerprint density at radius 3 is 1.43 bits per heavy atom. The van der Waals surface area contributed by atoms with Crippen molar-refractivity contribution in [2.24, 2.45) is 5.92 Å². The third-order valence-electron chi connectivity index (χ3n) is 12.6. The molecule has 0 radical (unpaired) electrons. The lowest BCUT2D eigenvalue weighted by Crippen LogP contribution is -2.41. The van der Waals surface area contributed by atoms with Gasteiger partial charge in [0.2, 0.25) is 19.7 Å². The van der Waals surface area contributed by atoms with Crippen molar-refractivity contribution < 1.29 is 43.2 Å². The van der Waals surface area contributed by atoms with Gasteiger partial charge in [-0.2, -0.15) is 47.4 Å². The van der Waals surface area contributed by atoms with Gasteiger partial charge >= 0.3 is 12.4 Å². The van der Waals surface area contributed by atoms with Crippen LogP contribution in [0, 0.1) is 51.2 Å². The van der Waals surface area contributed by atoms with Crippen molar-refractivity contribution >= 4 is 30.8 Å². The SMILES string of the molecule is CC1(c2c3c(c(-c4ccccc4C(F)(F)F)c4c2-c2ccc(S(=O)(=O)c5ccccc5)cc2C4=C(C#N)C#N)-c2ccc(S(=O)(=O)c4ccccc4)cc2C3=C(C#N)C#N)C=CC=CC1C(F)(F)F. The Labute approximate surface area is 391 Å². The monoisotopic (exact) mass is 962 g/mol. The highest BCUT2D eigenvalue weighted by atomic mass is 32.2. The fraction of sp³-hybridized carbons (Fsp3) is 0.0943. The van der Waals surface area contributed by atoms with E-state index in [1.807, 2.05) is 0 Å². The van der Waals surface area contributed by atoms with Crippen LogP contribution in [0.2, 0.25) is 0 Å². The molecule has 0 aliphatic heterocycles. The number of allylic oxidation sites excluding steroid dienone is 6. The lowest BCUT2D eigenvalue weighted by atomic mass is 9.63. The van der Waals surface area contributed by atoms with E-state index in [4.69, 9.17) is 0 Å². The summed E-state index contributed by atoms with van der Waals surface area (Å²) in [6.07, 6.45) is -5.65. The zero-order chi connectivity index (χ0) is 49.4. The van der Waals surface area contributed by atoms with Crippen molar-refractivity contribution in [3.63, 3.8) is 0 Å². The Morgan fingerprint density at radius 1 is 0.507 bits per heavy atom. The molecule has 0 saturated heterocycles. The van der Waals surface area contributed by atoms with Gasteiger partial charge in [0.1, 0.15) is 35.4 Å². The Balaban J connectivity index is 1.58. The molecule has 0 bridgehead atoms. The van der Waals surface area contributed by atoms with Gasteiger partial charge in [0.25, 0.3) is 0 Å². The number of nitriles is 4.